The summed E-state index contributed by atoms with van der Waals surface area (Å²) < 4.78 is 1.55. The highest BCUT2D eigenvalue weighted by Gasteiger charge is 2.10. The number of halogens is 1. The van der Waals surface area contributed by atoms with E-state index in [1.807, 2.05) is 18.4 Å². The molecule has 0 saturated heterocycles. The normalized spacial score (nSPS) is 10.8. The average Bonchev–Trinajstić information content (AvgIpc) is 2.98. The molecule has 0 radical (unpaired) electrons. The molecule has 90 valence electrons. The van der Waals surface area contributed by atoms with Crippen LogP contribution in [0.3, 0.4) is 0 Å². The number of hydrogen-bond acceptors (Lipinski definition) is 5. The third-order valence-electron chi connectivity index (χ3n) is 2.29. The molecule has 0 amide bonds. The standard InChI is InChI=1S/C11H8ClN5S/c1-7-5-8(6-18-7)9-14-10(12)16-11(15-9)17-4-2-3-13-17/h2-6H,1H3. The minimum absolute atomic E-state index is 0.161. The van der Waals surface area contributed by atoms with Crippen molar-refractivity contribution in [3.63, 3.8) is 0 Å². The van der Waals surface area contributed by atoms with Gasteiger partial charge in [0.05, 0.1) is 0 Å². The van der Waals surface area contributed by atoms with Crippen LogP contribution in [0.15, 0.2) is 29.9 Å². The van der Waals surface area contributed by atoms with E-state index in [0.717, 1.165) is 5.56 Å². The molecule has 0 N–H and O–H groups in total. The largest absolute Gasteiger partial charge is 0.255 e. The summed E-state index contributed by atoms with van der Waals surface area (Å²) >= 11 is 7.57. The minimum Gasteiger partial charge on any atom is -0.206 e. The van der Waals surface area contributed by atoms with Gasteiger partial charge in [-0.3, -0.25) is 0 Å². The fourth-order valence-corrected chi connectivity index (χ4v) is 2.36. The molecule has 5 nitrogen and oxygen atoms in total. The number of aryl methyl sites for hydroxylation is 1. The van der Waals surface area contributed by atoms with Gasteiger partial charge in [0.15, 0.2) is 5.82 Å². The van der Waals surface area contributed by atoms with E-state index in [2.05, 4.69) is 20.1 Å². The molecule has 3 aromatic rings. The van der Waals surface area contributed by atoms with Gasteiger partial charge in [-0.1, -0.05) is 0 Å². The van der Waals surface area contributed by atoms with Crippen molar-refractivity contribution in [2.45, 2.75) is 6.92 Å². The summed E-state index contributed by atoms with van der Waals surface area (Å²) in [4.78, 5) is 13.7. The fraction of sp³-hybridized carbons (Fsp3) is 0.0909. The van der Waals surface area contributed by atoms with E-state index in [0.29, 0.717) is 11.8 Å². The molecule has 0 fully saturated rings. The molecule has 3 heterocycles. The molecule has 18 heavy (non-hydrogen) atoms. The molecule has 0 aliphatic carbocycles. The second kappa shape index (κ2) is 4.47. The van der Waals surface area contributed by atoms with Crippen LogP contribution in [0.1, 0.15) is 4.88 Å². The first kappa shape index (κ1) is 11.3. The first-order valence-corrected chi connectivity index (χ1v) is 6.45. The Balaban J connectivity index is 2.11. The highest BCUT2D eigenvalue weighted by Crippen LogP contribution is 2.23. The van der Waals surface area contributed by atoms with Gasteiger partial charge in [-0.25, -0.2) is 4.68 Å². The topological polar surface area (TPSA) is 56.5 Å². The summed E-state index contributed by atoms with van der Waals surface area (Å²) in [6.07, 6.45) is 3.42. The Kier molecular flexibility index (Phi) is 2.81. The quantitative estimate of drug-likeness (QED) is 0.723. The zero-order chi connectivity index (χ0) is 12.5. The summed E-state index contributed by atoms with van der Waals surface area (Å²) in [6, 6.07) is 3.81. The Morgan fingerprint density at radius 3 is 2.83 bits per heavy atom. The third-order valence-corrected chi connectivity index (χ3v) is 3.32. The van der Waals surface area contributed by atoms with Crippen LogP contribution in [-0.4, -0.2) is 24.7 Å². The Bertz CT molecular complexity index is 677. The lowest BCUT2D eigenvalue weighted by Crippen LogP contribution is -2.04. The fourth-order valence-electron chi connectivity index (χ4n) is 1.52. The van der Waals surface area contributed by atoms with Crippen LogP contribution in [0.4, 0.5) is 0 Å². The first-order valence-electron chi connectivity index (χ1n) is 5.19. The summed E-state index contributed by atoms with van der Waals surface area (Å²) in [5, 5.41) is 6.23. The van der Waals surface area contributed by atoms with Crippen molar-refractivity contribution >= 4 is 22.9 Å². The molecule has 0 spiro atoms. The van der Waals surface area contributed by atoms with Gasteiger partial charge in [0.1, 0.15) is 0 Å². The van der Waals surface area contributed by atoms with Gasteiger partial charge in [0.2, 0.25) is 5.28 Å². The van der Waals surface area contributed by atoms with Crippen LogP contribution in [-0.2, 0) is 0 Å². The van der Waals surface area contributed by atoms with Gasteiger partial charge in [-0.15, -0.1) is 11.3 Å². The van der Waals surface area contributed by atoms with E-state index in [4.69, 9.17) is 11.6 Å². The minimum atomic E-state index is 0.161. The Morgan fingerprint density at radius 1 is 1.28 bits per heavy atom. The van der Waals surface area contributed by atoms with Gasteiger partial charge in [-0.05, 0) is 30.7 Å². The van der Waals surface area contributed by atoms with Crippen molar-refractivity contribution in [1.82, 2.24) is 24.7 Å². The highest BCUT2D eigenvalue weighted by molar-refractivity contribution is 7.10. The van der Waals surface area contributed by atoms with E-state index in [9.17, 15) is 0 Å². The van der Waals surface area contributed by atoms with Crippen molar-refractivity contribution in [1.29, 1.82) is 0 Å². The first-order chi connectivity index (χ1) is 8.72. The van der Waals surface area contributed by atoms with Gasteiger partial charge >= 0.3 is 0 Å². The van der Waals surface area contributed by atoms with E-state index < -0.39 is 0 Å². The number of rotatable bonds is 2. The lowest BCUT2D eigenvalue weighted by atomic mass is 10.3. The summed E-state index contributed by atoms with van der Waals surface area (Å²) in [7, 11) is 0. The Hall–Kier alpha value is -1.79. The summed E-state index contributed by atoms with van der Waals surface area (Å²) in [5.74, 6) is 0.976. The van der Waals surface area contributed by atoms with Crippen LogP contribution < -0.4 is 0 Å². The molecule has 0 bridgehead atoms. The van der Waals surface area contributed by atoms with Crippen molar-refractivity contribution in [2.75, 3.05) is 0 Å². The predicted octanol–water partition coefficient (Wildman–Crippen LogP) is 2.75. The molecule has 0 aliphatic rings. The molecular formula is C11H8ClN5S. The van der Waals surface area contributed by atoms with Crippen molar-refractivity contribution in [3.8, 4) is 17.3 Å². The SMILES string of the molecule is Cc1cc(-c2nc(Cl)nc(-n3cccn3)n2)cs1. The molecule has 0 aliphatic heterocycles. The lowest BCUT2D eigenvalue weighted by Gasteiger charge is -2.02. The van der Waals surface area contributed by atoms with E-state index in [-0.39, 0.29) is 5.28 Å². The smallest absolute Gasteiger partial charge is 0.206 e. The number of thiophene rings is 1. The van der Waals surface area contributed by atoms with E-state index >= 15 is 0 Å². The predicted molar refractivity (Wildman–Crippen MR) is 70.0 cm³/mol. The molecule has 0 aromatic carbocycles. The maximum atomic E-state index is 5.92. The Morgan fingerprint density at radius 2 is 2.17 bits per heavy atom. The van der Waals surface area contributed by atoms with Crippen LogP contribution in [0, 0.1) is 6.92 Å². The monoisotopic (exact) mass is 277 g/mol. The number of aromatic nitrogens is 5. The molecule has 0 saturated carbocycles. The second-order valence-electron chi connectivity index (χ2n) is 3.62. The van der Waals surface area contributed by atoms with Crippen LogP contribution in [0.5, 0.6) is 0 Å². The third kappa shape index (κ3) is 2.12. The molecule has 3 rings (SSSR count). The van der Waals surface area contributed by atoms with Crippen LogP contribution >= 0.6 is 22.9 Å². The Labute approximate surface area is 112 Å². The van der Waals surface area contributed by atoms with Crippen molar-refractivity contribution in [3.05, 3.63) is 40.1 Å². The van der Waals surface area contributed by atoms with Crippen LogP contribution in [0.2, 0.25) is 5.28 Å². The van der Waals surface area contributed by atoms with E-state index in [1.165, 1.54) is 4.88 Å². The lowest BCUT2D eigenvalue weighted by molar-refractivity contribution is 0.798. The second-order valence-corrected chi connectivity index (χ2v) is 5.08. The van der Waals surface area contributed by atoms with Crippen molar-refractivity contribution in [2.24, 2.45) is 0 Å². The molecule has 0 atom stereocenters. The summed E-state index contributed by atoms with van der Waals surface area (Å²) in [6.45, 7) is 2.03. The number of nitrogens with zero attached hydrogens (tertiary/aromatic N) is 5. The zero-order valence-electron chi connectivity index (χ0n) is 9.41. The van der Waals surface area contributed by atoms with Gasteiger partial charge in [0.25, 0.3) is 5.95 Å². The molecule has 7 heteroatoms. The van der Waals surface area contributed by atoms with Gasteiger partial charge in [-0.2, -0.15) is 20.1 Å². The maximum absolute atomic E-state index is 5.92. The van der Waals surface area contributed by atoms with Crippen molar-refractivity contribution < 1.29 is 0 Å². The maximum Gasteiger partial charge on any atom is 0.255 e. The summed E-state index contributed by atoms with van der Waals surface area (Å²) in [5.41, 5.74) is 0.940. The molecular weight excluding hydrogens is 270 g/mol. The zero-order valence-corrected chi connectivity index (χ0v) is 11.0. The highest BCUT2D eigenvalue weighted by atomic mass is 35.5. The van der Waals surface area contributed by atoms with Gasteiger partial charge < -0.3 is 0 Å². The van der Waals surface area contributed by atoms with Gasteiger partial charge in [0, 0.05) is 28.2 Å². The molecule has 3 aromatic heterocycles. The van der Waals surface area contributed by atoms with Crippen LogP contribution in [0.25, 0.3) is 17.3 Å². The number of hydrogen-bond donors (Lipinski definition) is 0. The molecule has 0 unspecified atom stereocenters. The van der Waals surface area contributed by atoms with E-state index in [1.54, 1.807) is 34.5 Å². The average molecular weight is 278 g/mol.